The molecule has 0 radical (unpaired) electrons. The third kappa shape index (κ3) is 1.50. The summed E-state index contributed by atoms with van der Waals surface area (Å²) in [4.78, 5) is 0. The normalized spacial score (nSPS) is 50.9. The molecule has 0 amide bonds. The molecule has 8 heteroatoms. The molecule has 0 aromatic heterocycles. The summed E-state index contributed by atoms with van der Waals surface area (Å²) in [6.45, 7) is -1.20. The minimum Gasteiger partial charge on any atom is -0.381 e. The highest BCUT2D eigenvalue weighted by molar-refractivity contribution is 5.15. The van der Waals surface area contributed by atoms with E-state index in [4.69, 9.17) is 0 Å². The zero-order valence-electron chi connectivity index (χ0n) is 10.5. The van der Waals surface area contributed by atoms with Crippen molar-refractivity contribution in [3.63, 3.8) is 0 Å². The third-order valence-electron chi connectivity index (χ3n) is 5.21. The molecule has 2 bridgehead atoms. The van der Waals surface area contributed by atoms with Crippen LogP contribution >= 0.6 is 0 Å². The van der Waals surface area contributed by atoms with Crippen LogP contribution in [0.4, 0.5) is 22.0 Å². The summed E-state index contributed by atoms with van der Waals surface area (Å²) in [7, 11) is 0. The summed E-state index contributed by atoms with van der Waals surface area (Å²) in [5.74, 6) is -10.4. The third-order valence-corrected chi connectivity index (χ3v) is 5.21. The van der Waals surface area contributed by atoms with Gasteiger partial charge in [-0.25, -0.2) is 0 Å². The Balaban J connectivity index is 1.96. The number of aliphatic hydroxyl groups is 2. The first kappa shape index (κ1) is 14.5. The molecule has 0 aromatic rings. The van der Waals surface area contributed by atoms with E-state index in [1.54, 1.807) is 0 Å². The second-order valence-corrected chi connectivity index (χ2v) is 6.21. The molecule has 3 fully saturated rings. The van der Waals surface area contributed by atoms with Gasteiger partial charge >= 0.3 is 17.9 Å². The lowest BCUT2D eigenvalue weighted by atomic mass is 9.72. The predicted octanol–water partition coefficient (Wildman–Crippen LogP) is 2.07. The van der Waals surface area contributed by atoms with Crippen LogP contribution in [0.15, 0.2) is 0 Å². The highest BCUT2D eigenvalue weighted by Crippen LogP contribution is 2.61. The van der Waals surface area contributed by atoms with Crippen LogP contribution in [0.5, 0.6) is 0 Å². The first-order valence-corrected chi connectivity index (χ1v) is 6.56. The van der Waals surface area contributed by atoms with Gasteiger partial charge in [0.1, 0.15) is 0 Å². The molecule has 0 aromatic carbocycles. The van der Waals surface area contributed by atoms with Gasteiger partial charge in [0.05, 0.1) is 6.61 Å². The van der Waals surface area contributed by atoms with Crippen molar-refractivity contribution in [2.45, 2.75) is 49.2 Å². The summed E-state index contributed by atoms with van der Waals surface area (Å²) < 4.78 is 70.4. The fourth-order valence-corrected chi connectivity index (χ4v) is 4.12. The zero-order valence-corrected chi connectivity index (χ0v) is 10.5. The largest absolute Gasteiger partial charge is 0.449 e. The molecular weight excluding hydrogens is 287 g/mol. The maximum absolute atomic E-state index is 14.2. The van der Waals surface area contributed by atoms with Crippen LogP contribution < -0.4 is 0 Å². The van der Waals surface area contributed by atoms with Crippen molar-refractivity contribution in [2.24, 2.45) is 17.8 Å². The number of fused-ring (bicyclic) bond motifs is 2. The molecule has 1 saturated heterocycles. The van der Waals surface area contributed by atoms with Gasteiger partial charge < -0.3 is 14.9 Å². The van der Waals surface area contributed by atoms with Crippen molar-refractivity contribution in [3.05, 3.63) is 0 Å². The van der Waals surface area contributed by atoms with Gasteiger partial charge in [-0.05, 0) is 37.0 Å². The Kier molecular flexibility index (Phi) is 2.77. The van der Waals surface area contributed by atoms with Crippen molar-refractivity contribution in [1.82, 2.24) is 0 Å². The molecule has 2 aliphatic carbocycles. The highest BCUT2D eigenvalue weighted by Gasteiger charge is 2.84. The predicted molar refractivity (Wildman–Crippen MR) is 55.8 cm³/mol. The molecular formula is C12H15F5O3. The second kappa shape index (κ2) is 3.84. The SMILES string of the molecule is OC1(C2CC3CCC2C3)COC(O)(C(F)(F)F)C1(F)F. The van der Waals surface area contributed by atoms with E-state index >= 15 is 0 Å². The summed E-state index contributed by atoms with van der Waals surface area (Å²) >= 11 is 0. The molecule has 5 unspecified atom stereocenters. The minimum absolute atomic E-state index is 0.171. The monoisotopic (exact) mass is 302 g/mol. The Morgan fingerprint density at radius 2 is 1.70 bits per heavy atom. The van der Waals surface area contributed by atoms with Gasteiger partial charge in [0.15, 0.2) is 5.60 Å². The second-order valence-electron chi connectivity index (χ2n) is 6.21. The Bertz CT molecular complexity index is 426. The van der Waals surface area contributed by atoms with Gasteiger partial charge in [0, 0.05) is 0 Å². The lowest BCUT2D eigenvalue weighted by Crippen LogP contribution is -2.65. The number of hydrogen-bond donors (Lipinski definition) is 2. The number of ether oxygens (including phenoxy) is 1. The van der Waals surface area contributed by atoms with E-state index < -0.39 is 36.0 Å². The molecule has 3 aliphatic rings. The Hall–Kier alpha value is -0.470. The quantitative estimate of drug-likeness (QED) is 0.729. The van der Waals surface area contributed by atoms with E-state index in [2.05, 4.69) is 4.74 Å². The van der Waals surface area contributed by atoms with E-state index in [-0.39, 0.29) is 18.3 Å². The summed E-state index contributed by atoms with van der Waals surface area (Å²) in [5.41, 5.74) is -2.96. The van der Waals surface area contributed by atoms with E-state index in [0.717, 1.165) is 6.42 Å². The van der Waals surface area contributed by atoms with E-state index in [1.165, 1.54) is 0 Å². The Morgan fingerprint density at radius 1 is 1.05 bits per heavy atom. The van der Waals surface area contributed by atoms with E-state index in [9.17, 15) is 32.2 Å². The summed E-state index contributed by atoms with van der Waals surface area (Å²) in [6, 6.07) is 0. The molecule has 116 valence electrons. The molecule has 0 spiro atoms. The molecule has 5 atom stereocenters. The van der Waals surface area contributed by atoms with Gasteiger partial charge in [-0.3, -0.25) is 0 Å². The Labute approximate surface area is 111 Å². The van der Waals surface area contributed by atoms with Crippen LogP contribution in [-0.2, 0) is 4.74 Å². The number of hydrogen-bond acceptors (Lipinski definition) is 3. The van der Waals surface area contributed by atoms with Gasteiger partial charge in [0.25, 0.3) is 0 Å². The van der Waals surface area contributed by atoms with Crippen LogP contribution in [0, 0.1) is 17.8 Å². The Morgan fingerprint density at radius 3 is 2.10 bits per heavy atom. The summed E-state index contributed by atoms with van der Waals surface area (Å²) in [6.07, 6.45) is -3.29. The van der Waals surface area contributed by atoms with Crippen molar-refractivity contribution < 1.29 is 36.9 Å². The highest BCUT2D eigenvalue weighted by atomic mass is 19.4. The summed E-state index contributed by atoms with van der Waals surface area (Å²) in [5, 5.41) is 19.5. The number of halogens is 5. The maximum Gasteiger partial charge on any atom is 0.449 e. The number of rotatable bonds is 1. The average Bonchev–Trinajstić information content (AvgIpc) is 2.99. The van der Waals surface area contributed by atoms with Crippen molar-refractivity contribution >= 4 is 0 Å². The molecule has 3 nitrogen and oxygen atoms in total. The van der Waals surface area contributed by atoms with Crippen molar-refractivity contribution in [3.8, 4) is 0 Å². The molecule has 2 N–H and O–H groups in total. The maximum atomic E-state index is 14.2. The molecule has 20 heavy (non-hydrogen) atoms. The molecule has 1 aliphatic heterocycles. The lowest BCUT2D eigenvalue weighted by Gasteiger charge is -2.41. The molecule has 1 heterocycles. The van der Waals surface area contributed by atoms with Gasteiger partial charge in [0.2, 0.25) is 0 Å². The van der Waals surface area contributed by atoms with E-state index in [0.29, 0.717) is 12.8 Å². The van der Waals surface area contributed by atoms with Crippen molar-refractivity contribution in [1.29, 1.82) is 0 Å². The first-order valence-electron chi connectivity index (χ1n) is 6.56. The minimum atomic E-state index is -5.67. The number of alkyl halides is 5. The van der Waals surface area contributed by atoms with Gasteiger partial charge in [-0.1, -0.05) is 6.42 Å². The van der Waals surface area contributed by atoms with Gasteiger partial charge in [-0.2, -0.15) is 22.0 Å². The first-order chi connectivity index (χ1) is 9.03. The van der Waals surface area contributed by atoms with Crippen LogP contribution in [0.3, 0.4) is 0 Å². The average molecular weight is 302 g/mol. The van der Waals surface area contributed by atoms with Crippen molar-refractivity contribution in [2.75, 3.05) is 6.61 Å². The topological polar surface area (TPSA) is 49.7 Å². The zero-order chi connectivity index (χ0) is 15.0. The standard InChI is InChI=1S/C12H15F5O3/c13-10(14)9(18,5-20-11(10,19)12(15,16)17)8-4-6-1-2-7(8)3-6/h6-8,18-19H,1-5H2. The fraction of sp³-hybridized carbons (Fsp3) is 1.00. The molecule has 2 saturated carbocycles. The lowest BCUT2D eigenvalue weighted by molar-refractivity contribution is -0.411. The molecule has 3 rings (SSSR count). The van der Waals surface area contributed by atoms with Crippen LogP contribution in [-0.4, -0.2) is 40.3 Å². The van der Waals surface area contributed by atoms with Crippen LogP contribution in [0.2, 0.25) is 0 Å². The fourth-order valence-electron chi connectivity index (χ4n) is 4.12. The smallest absolute Gasteiger partial charge is 0.381 e. The van der Waals surface area contributed by atoms with Gasteiger partial charge in [-0.15, -0.1) is 0 Å². The van der Waals surface area contributed by atoms with Crippen LogP contribution in [0.25, 0.3) is 0 Å². The van der Waals surface area contributed by atoms with Crippen LogP contribution in [0.1, 0.15) is 25.7 Å². The van der Waals surface area contributed by atoms with E-state index in [1.807, 2.05) is 0 Å².